The third-order valence-corrected chi connectivity index (χ3v) is 8.15. The van der Waals surface area contributed by atoms with E-state index < -0.39 is 29.5 Å². The lowest BCUT2D eigenvalue weighted by Gasteiger charge is -2.44. The topological polar surface area (TPSA) is 135 Å². The van der Waals surface area contributed by atoms with Crippen LogP contribution in [0.4, 0.5) is 4.79 Å². The van der Waals surface area contributed by atoms with E-state index in [1.807, 2.05) is 24.3 Å². The first-order valence-corrected chi connectivity index (χ1v) is 13.7. The number of carbonyl (C=O) groups is 3. The van der Waals surface area contributed by atoms with Crippen molar-refractivity contribution in [1.29, 1.82) is 0 Å². The first-order chi connectivity index (χ1) is 18.8. The minimum atomic E-state index is -0.895. The van der Waals surface area contributed by atoms with Crippen molar-refractivity contribution < 1.29 is 33.3 Å². The number of β-lactam (4-membered cyclic amide) rings is 1. The average molecular weight is 574 g/mol. The zero-order valence-corrected chi connectivity index (χ0v) is 23.0. The second-order valence-electron chi connectivity index (χ2n) is 8.38. The van der Waals surface area contributed by atoms with Crippen LogP contribution in [0.2, 0.25) is 0 Å². The summed E-state index contributed by atoms with van der Waals surface area (Å²) in [6.07, 6.45) is 1.20. The van der Waals surface area contributed by atoms with Crippen LogP contribution in [-0.4, -0.2) is 74.4 Å². The summed E-state index contributed by atoms with van der Waals surface area (Å²) in [6, 6.07) is 7.51. The summed E-state index contributed by atoms with van der Waals surface area (Å²) in [6.45, 7) is 8.68. The molecule has 0 aliphatic carbocycles. The lowest BCUT2D eigenvalue weighted by atomic mass is 9.92. The average Bonchev–Trinajstić information content (AvgIpc) is 3.49. The van der Waals surface area contributed by atoms with E-state index in [0.717, 1.165) is 5.56 Å². The molecule has 12 nitrogen and oxygen atoms in total. The van der Waals surface area contributed by atoms with Crippen molar-refractivity contribution in [1.82, 2.24) is 25.1 Å². The van der Waals surface area contributed by atoms with Crippen LogP contribution in [0.1, 0.15) is 12.5 Å². The summed E-state index contributed by atoms with van der Waals surface area (Å²) in [5.41, 5.74) is 1.18. The second kappa shape index (κ2) is 12.8. The molecule has 2 aliphatic rings. The van der Waals surface area contributed by atoms with Gasteiger partial charge in [0, 0.05) is 12.8 Å². The predicted molar refractivity (Wildman–Crippen MR) is 142 cm³/mol. The molecule has 1 aromatic heterocycles. The van der Waals surface area contributed by atoms with Crippen molar-refractivity contribution in [3.05, 3.63) is 65.7 Å². The number of aryl methyl sites for hydroxylation is 1. The Labute approximate surface area is 233 Å². The number of esters is 1. The summed E-state index contributed by atoms with van der Waals surface area (Å²) in [7, 11) is 1.78. The van der Waals surface area contributed by atoms with Gasteiger partial charge in [-0.2, -0.15) is 0 Å². The van der Waals surface area contributed by atoms with Crippen LogP contribution in [0, 0.1) is 5.92 Å². The Morgan fingerprint density at radius 1 is 1.18 bits per heavy atom. The molecule has 1 amide bonds. The van der Waals surface area contributed by atoms with Gasteiger partial charge in [0.25, 0.3) is 0 Å². The van der Waals surface area contributed by atoms with Crippen LogP contribution in [0.3, 0.4) is 0 Å². The fraction of sp³-hybridized carbons (Fsp3) is 0.360. The summed E-state index contributed by atoms with van der Waals surface area (Å²) in [4.78, 5) is 39.7. The molecule has 206 valence electrons. The highest BCUT2D eigenvalue weighted by Gasteiger charge is 2.59. The Kier molecular flexibility index (Phi) is 9.30. The fourth-order valence-corrected chi connectivity index (χ4v) is 6.16. The molecule has 0 N–H and O–H groups in total. The summed E-state index contributed by atoms with van der Waals surface area (Å²) in [5, 5.41) is 11.7. The molecular weight excluding hydrogens is 546 g/mol. The van der Waals surface area contributed by atoms with Crippen molar-refractivity contribution in [2.75, 3.05) is 19.8 Å². The van der Waals surface area contributed by atoms with E-state index in [2.05, 4.69) is 28.7 Å². The third-order valence-electron chi connectivity index (χ3n) is 5.73. The van der Waals surface area contributed by atoms with Gasteiger partial charge >= 0.3 is 12.1 Å². The number of benzene rings is 1. The van der Waals surface area contributed by atoms with Crippen LogP contribution >= 0.6 is 23.5 Å². The van der Waals surface area contributed by atoms with Gasteiger partial charge in [-0.1, -0.05) is 61.0 Å². The van der Waals surface area contributed by atoms with Gasteiger partial charge in [0.1, 0.15) is 48.7 Å². The maximum absolute atomic E-state index is 13.0. The molecule has 1 saturated heterocycles. The molecule has 4 rings (SSSR count). The summed E-state index contributed by atoms with van der Waals surface area (Å²) in [5.74, 6) is -0.394. The molecule has 3 heterocycles. The highest BCUT2D eigenvalue weighted by atomic mass is 32.2. The molecule has 1 aromatic carbocycles. The van der Waals surface area contributed by atoms with E-state index in [1.54, 1.807) is 18.7 Å². The van der Waals surface area contributed by atoms with Crippen molar-refractivity contribution in [3.8, 4) is 5.75 Å². The molecule has 2 aliphatic heterocycles. The molecule has 39 heavy (non-hydrogen) atoms. The number of carbonyl (C=O) groups excluding carboxylic acids is 3. The van der Waals surface area contributed by atoms with Crippen LogP contribution in [0.25, 0.3) is 0 Å². The first kappa shape index (κ1) is 28.2. The monoisotopic (exact) mass is 573 g/mol. The van der Waals surface area contributed by atoms with Gasteiger partial charge in [0.15, 0.2) is 0 Å². The van der Waals surface area contributed by atoms with Gasteiger partial charge < -0.3 is 18.9 Å². The first-order valence-electron chi connectivity index (χ1n) is 11.9. The molecule has 14 heteroatoms. The van der Waals surface area contributed by atoms with E-state index in [-0.39, 0.29) is 31.4 Å². The molecule has 0 spiro atoms. The molecule has 0 saturated carbocycles. The summed E-state index contributed by atoms with van der Waals surface area (Å²) >= 11 is 2.82. The van der Waals surface area contributed by atoms with E-state index in [1.165, 1.54) is 40.6 Å². The largest absolute Gasteiger partial charge is 0.508 e. The van der Waals surface area contributed by atoms with Gasteiger partial charge in [-0.3, -0.25) is 9.69 Å². The minimum Gasteiger partial charge on any atom is -0.488 e. The van der Waals surface area contributed by atoms with E-state index in [0.29, 0.717) is 21.6 Å². The number of hydrogen-bond donors (Lipinski definition) is 0. The van der Waals surface area contributed by atoms with E-state index >= 15 is 0 Å². The van der Waals surface area contributed by atoms with Crippen molar-refractivity contribution in [2.24, 2.45) is 13.0 Å². The molecule has 1 fully saturated rings. The Bertz CT molecular complexity index is 1280. The third kappa shape index (κ3) is 6.45. The van der Waals surface area contributed by atoms with Crippen LogP contribution in [0.15, 0.2) is 65.3 Å². The standard InChI is InChI=1S/C25H27N5O7S2/c1-5-11-34-23(32)20-18(39-22-19(21(31)30(20)22)15(3)37-25(33)35-12-6-2)13-36-17-9-7-16(8-10-17)14-38-24-26-27-28-29(24)4/h5-10,15,19,22H,1-2,11-14H2,3-4H3/t15-,19+,22-/m1/s1. The number of ether oxygens (including phenoxy) is 4. The van der Waals surface area contributed by atoms with Crippen LogP contribution in [-0.2, 0) is 36.6 Å². The number of amides is 1. The van der Waals surface area contributed by atoms with Crippen molar-refractivity contribution >= 4 is 41.6 Å². The highest BCUT2D eigenvalue weighted by Crippen LogP contribution is 2.51. The number of thioether (sulfide) groups is 2. The SMILES string of the molecule is C=CCOC(=O)O[C@H](C)[C@H]1C(=O)N2C(C(=O)OCC=C)=C(COc3ccc(CSc4nnnn4C)cc3)S[C@H]12. The Balaban J connectivity index is 1.40. The second-order valence-corrected chi connectivity index (χ2v) is 10.5. The molecule has 3 atom stereocenters. The maximum atomic E-state index is 13.0. The van der Waals surface area contributed by atoms with Gasteiger partial charge in [0.2, 0.25) is 11.1 Å². The molecule has 2 aromatic rings. The predicted octanol–water partition coefficient (Wildman–Crippen LogP) is 3.08. The fourth-order valence-electron chi connectivity index (χ4n) is 3.84. The Morgan fingerprint density at radius 3 is 2.56 bits per heavy atom. The Morgan fingerprint density at radius 2 is 1.90 bits per heavy atom. The lowest BCUT2D eigenvalue weighted by Crippen LogP contribution is -2.61. The number of rotatable bonds is 13. The quantitative estimate of drug-likeness (QED) is 0.151. The lowest BCUT2D eigenvalue weighted by molar-refractivity contribution is -0.158. The zero-order valence-electron chi connectivity index (χ0n) is 21.3. The number of aromatic nitrogens is 4. The van der Waals surface area contributed by atoms with Crippen molar-refractivity contribution in [2.45, 2.75) is 29.3 Å². The number of hydrogen-bond acceptors (Lipinski definition) is 12. The number of fused-ring (bicyclic) bond motifs is 1. The summed E-state index contributed by atoms with van der Waals surface area (Å²) < 4.78 is 22.9. The van der Waals surface area contributed by atoms with Crippen molar-refractivity contribution in [3.63, 3.8) is 0 Å². The van der Waals surface area contributed by atoms with Gasteiger partial charge in [-0.15, -0.1) is 5.10 Å². The molecule has 0 unspecified atom stereocenters. The highest BCUT2D eigenvalue weighted by molar-refractivity contribution is 8.04. The number of tetrazole rings is 1. The minimum absolute atomic E-state index is 0.00417. The van der Waals surface area contributed by atoms with Gasteiger partial charge in [0.05, 0.1) is 4.91 Å². The smallest absolute Gasteiger partial charge is 0.488 e. The van der Waals surface area contributed by atoms with Gasteiger partial charge in [-0.25, -0.2) is 14.3 Å². The van der Waals surface area contributed by atoms with Crippen LogP contribution in [0.5, 0.6) is 5.75 Å². The zero-order chi connectivity index (χ0) is 27.9. The molecular formula is C25H27N5O7S2. The maximum Gasteiger partial charge on any atom is 0.508 e. The van der Waals surface area contributed by atoms with E-state index in [9.17, 15) is 14.4 Å². The van der Waals surface area contributed by atoms with E-state index in [4.69, 9.17) is 18.9 Å². The normalized spacial score (nSPS) is 18.6. The molecule has 0 radical (unpaired) electrons. The van der Waals surface area contributed by atoms with Crippen LogP contribution < -0.4 is 4.74 Å². The molecule has 0 bridgehead atoms. The number of nitrogens with zero attached hydrogens (tertiary/aromatic N) is 5. The Hall–Kier alpha value is -3.78. The van der Waals surface area contributed by atoms with Gasteiger partial charge in [-0.05, 0) is 35.0 Å².